The average Bonchev–Trinajstić information content (AvgIpc) is 2.99. The summed E-state index contributed by atoms with van der Waals surface area (Å²) in [6.07, 6.45) is 1.35. The first kappa shape index (κ1) is 12.7. The molecule has 0 bridgehead atoms. The van der Waals surface area contributed by atoms with Crippen LogP contribution in [0.15, 0.2) is 40.1 Å². The number of carboxylic acid groups (broad SMARTS) is 1. The fourth-order valence-corrected chi connectivity index (χ4v) is 2.77. The maximum absolute atomic E-state index is 11.1. The highest BCUT2D eigenvalue weighted by Crippen LogP contribution is 2.27. The molecule has 7 heteroatoms. The molecule has 0 fully saturated rings. The molecule has 0 spiro atoms. The molecule has 2 heterocycles. The number of aromatic nitrogens is 3. The molecule has 0 amide bonds. The second-order valence-corrected chi connectivity index (χ2v) is 5.10. The lowest BCUT2D eigenvalue weighted by atomic mass is 10.3. The third kappa shape index (κ3) is 2.27. The van der Waals surface area contributed by atoms with E-state index in [1.165, 1.54) is 18.0 Å². The van der Waals surface area contributed by atoms with Gasteiger partial charge in [-0.3, -0.25) is 4.68 Å². The van der Waals surface area contributed by atoms with Crippen LogP contribution in [-0.4, -0.2) is 25.8 Å². The normalized spacial score (nSPS) is 11.1. The van der Waals surface area contributed by atoms with E-state index >= 15 is 0 Å². The smallest absolute Gasteiger partial charge is 0.339 e. The summed E-state index contributed by atoms with van der Waals surface area (Å²) in [5, 5.41) is 13.6. The second kappa shape index (κ2) is 5.01. The first-order chi connectivity index (χ1) is 9.65. The van der Waals surface area contributed by atoms with E-state index in [-0.39, 0.29) is 5.56 Å². The highest BCUT2D eigenvalue weighted by atomic mass is 32.2. The zero-order valence-corrected chi connectivity index (χ0v) is 11.4. The van der Waals surface area contributed by atoms with Crippen LogP contribution in [-0.2, 0) is 12.8 Å². The largest absolute Gasteiger partial charge is 0.478 e. The molecular weight excluding hydrogens is 278 g/mol. The molecule has 0 aliphatic rings. The first-order valence-corrected chi connectivity index (χ1v) is 6.86. The molecule has 1 aromatic carbocycles. The molecule has 0 atom stereocenters. The minimum absolute atomic E-state index is 0.205. The van der Waals surface area contributed by atoms with Gasteiger partial charge >= 0.3 is 5.97 Å². The van der Waals surface area contributed by atoms with Gasteiger partial charge in [0.25, 0.3) is 5.22 Å². The number of nitrogens with zero attached hydrogens (tertiary/aromatic N) is 3. The van der Waals surface area contributed by atoms with Gasteiger partial charge in [-0.15, -0.1) is 0 Å². The van der Waals surface area contributed by atoms with E-state index in [1.54, 1.807) is 11.7 Å². The molecule has 2 aromatic heterocycles. The van der Waals surface area contributed by atoms with E-state index in [1.807, 2.05) is 24.3 Å². The van der Waals surface area contributed by atoms with Gasteiger partial charge < -0.3 is 9.52 Å². The Balaban J connectivity index is 1.82. The molecule has 3 rings (SSSR count). The van der Waals surface area contributed by atoms with Crippen LogP contribution in [0.25, 0.3) is 11.1 Å². The number of aromatic carboxylic acids is 1. The van der Waals surface area contributed by atoms with Crippen LogP contribution in [0.4, 0.5) is 0 Å². The Bertz CT molecular complexity index is 745. The van der Waals surface area contributed by atoms with Crippen molar-refractivity contribution in [3.8, 4) is 0 Å². The van der Waals surface area contributed by atoms with Gasteiger partial charge in [-0.05, 0) is 12.1 Å². The number of aryl methyl sites for hydroxylation is 1. The van der Waals surface area contributed by atoms with Gasteiger partial charge in [0.15, 0.2) is 5.58 Å². The molecule has 0 unspecified atom stereocenters. The van der Waals surface area contributed by atoms with E-state index in [0.29, 0.717) is 16.7 Å². The number of carbonyl (C=O) groups is 1. The summed E-state index contributed by atoms with van der Waals surface area (Å²) in [6, 6.07) is 7.49. The number of rotatable bonds is 4. The first-order valence-electron chi connectivity index (χ1n) is 5.87. The van der Waals surface area contributed by atoms with E-state index < -0.39 is 5.97 Å². The Morgan fingerprint density at radius 2 is 2.25 bits per heavy atom. The molecule has 0 saturated carbocycles. The van der Waals surface area contributed by atoms with Crippen LogP contribution in [0.2, 0.25) is 0 Å². The maximum Gasteiger partial charge on any atom is 0.339 e. The number of hydrogen-bond donors (Lipinski definition) is 1. The molecule has 20 heavy (non-hydrogen) atoms. The van der Waals surface area contributed by atoms with Crippen molar-refractivity contribution in [2.45, 2.75) is 11.0 Å². The Morgan fingerprint density at radius 1 is 1.45 bits per heavy atom. The lowest BCUT2D eigenvalue weighted by molar-refractivity contribution is 0.0696. The summed E-state index contributed by atoms with van der Waals surface area (Å²) in [5.41, 5.74) is 2.35. The molecule has 0 aliphatic heterocycles. The lowest BCUT2D eigenvalue weighted by Gasteiger charge is -2.01. The molecule has 1 N–H and O–H groups in total. The number of oxazole rings is 1. The molecule has 0 aliphatic carbocycles. The predicted octanol–water partition coefficient (Wildman–Crippen LogP) is 2.55. The monoisotopic (exact) mass is 289 g/mol. The van der Waals surface area contributed by atoms with Crippen LogP contribution in [0.1, 0.15) is 16.1 Å². The van der Waals surface area contributed by atoms with Gasteiger partial charge in [0.2, 0.25) is 0 Å². The zero-order valence-electron chi connectivity index (χ0n) is 10.6. The maximum atomic E-state index is 11.1. The van der Waals surface area contributed by atoms with Crippen molar-refractivity contribution in [2.24, 2.45) is 7.05 Å². The fourth-order valence-electron chi connectivity index (χ4n) is 1.86. The minimum atomic E-state index is -0.980. The van der Waals surface area contributed by atoms with E-state index in [0.717, 1.165) is 11.1 Å². The van der Waals surface area contributed by atoms with Crippen LogP contribution < -0.4 is 0 Å². The SMILES string of the molecule is Cn1ncc(C(=O)O)c1CSc1nc2ccccc2o1. The van der Waals surface area contributed by atoms with Crippen molar-refractivity contribution in [3.63, 3.8) is 0 Å². The van der Waals surface area contributed by atoms with E-state index in [2.05, 4.69) is 10.1 Å². The average molecular weight is 289 g/mol. The number of benzene rings is 1. The van der Waals surface area contributed by atoms with Gasteiger partial charge in [0.1, 0.15) is 11.1 Å². The fraction of sp³-hybridized carbons (Fsp3) is 0.154. The van der Waals surface area contributed by atoms with Crippen molar-refractivity contribution < 1.29 is 14.3 Å². The summed E-state index contributed by atoms with van der Waals surface area (Å²) >= 11 is 1.35. The lowest BCUT2D eigenvalue weighted by Crippen LogP contribution is -2.03. The molecular formula is C13H11N3O3S. The molecule has 6 nitrogen and oxygen atoms in total. The zero-order chi connectivity index (χ0) is 14.1. The molecule has 3 aromatic rings. The van der Waals surface area contributed by atoms with Gasteiger partial charge in [0.05, 0.1) is 11.9 Å². The van der Waals surface area contributed by atoms with Crippen molar-refractivity contribution in [3.05, 3.63) is 41.7 Å². The third-order valence-corrected chi connectivity index (χ3v) is 3.74. The predicted molar refractivity (Wildman–Crippen MR) is 73.7 cm³/mol. The van der Waals surface area contributed by atoms with Crippen molar-refractivity contribution in [2.75, 3.05) is 0 Å². The van der Waals surface area contributed by atoms with Crippen molar-refractivity contribution in [1.29, 1.82) is 0 Å². The Labute approximate surface area is 118 Å². The van der Waals surface area contributed by atoms with Crippen LogP contribution >= 0.6 is 11.8 Å². The highest BCUT2D eigenvalue weighted by Gasteiger charge is 2.16. The topological polar surface area (TPSA) is 81.2 Å². The molecule has 102 valence electrons. The summed E-state index contributed by atoms with van der Waals surface area (Å²) in [7, 11) is 1.72. The Kier molecular flexibility index (Phi) is 3.19. The van der Waals surface area contributed by atoms with Crippen LogP contribution in [0, 0.1) is 0 Å². The Hall–Kier alpha value is -2.28. The van der Waals surface area contributed by atoms with Crippen molar-refractivity contribution >= 4 is 28.8 Å². The van der Waals surface area contributed by atoms with E-state index in [9.17, 15) is 4.79 Å². The number of thioether (sulfide) groups is 1. The van der Waals surface area contributed by atoms with E-state index in [4.69, 9.17) is 9.52 Å². The molecule has 0 radical (unpaired) electrons. The highest BCUT2D eigenvalue weighted by molar-refractivity contribution is 7.98. The summed E-state index contributed by atoms with van der Waals surface area (Å²) in [4.78, 5) is 15.4. The number of fused-ring (bicyclic) bond motifs is 1. The van der Waals surface area contributed by atoms with Crippen molar-refractivity contribution in [1.82, 2.24) is 14.8 Å². The van der Waals surface area contributed by atoms with Crippen LogP contribution in [0.3, 0.4) is 0 Å². The van der Waals surface area contributed by atoms with Gasteiger partial charge in [-0.2, -0.15) is 5.10 Å². The quantitative estimate of drug-likeness (QED) is 0.743. The number of carboxylic acids is 1. The van der Waals surface area contributed by atoms with Crippen LogP contribution in [0.5, 0.6) is 0 Å². The van der Waals surface area contributed by atoms with Gasteiger partial charge in [-0.1, -0.05) is 23.9 Å². The summed E-state index contributed by atoms with van der Waals surface area (Å²) in [5.74, 6) is -0.545. The third-order valence-electron chi connectivity index (χ3n) is 2.90. The standard InChI is InChI=1S/C13H11N3O3S/c1-16-10(8(6-14-16)12(17)18)7-20-13-15-9-4-2-3-5-11(9)19-13/h2-6H,7H2,1H3,(H,17,18). The molecule has 0 saturated heterocycles. The number of hydrogen-bond acceptors (Lipinski definition) is 5. The number of para-hydroxylation sites is 2. The van der Waals surface area contributed by atoms with Gasteiger partial charge in [0, 0.05) is 12.8 Å². The Morgan fingerprint density at radius 3 is 3.00 bits per heavy atom. The summed E-state index contributed by atoms with van der Waals surface area (Å²) in [6.45, 7) is 0. The van der Waals surface area contributed by atoms with Gasteiger partial charge in [-0.25, -0.2) is 9.78 Å². The second-order valence-electron chi connectivity index (χ2n) is 4.17. The summed E-state index contributed by atoms with van der Waals surface area (Å²) < 4.78 is 7.14. The minimum Gasteiger partial charge on any atom is -0.478 e.